The van der Waals surface area contributed by atoms with E-state index in [-0.39, 0.29) is 5.41 Å². The number of allylic oxidation sites excluding steroid dienone is 1. The number of hydrogen-bond donors (Lipinski definition) is 1. The van der Waals surface area contributed by atoms with Crippen LogP contribution in [0.2, 0.25) is 0 Å². The lowest BCUT2D eigenvalue weighted by Crippen LogP contribution is -2.58. The first-order valence-corrected chi connectivity index (χ1v) is 4.72. The molecule has 0 heterocycles. The van der Waals surface area contributed by atoms with Gasteiger partial charge in [-0.25, -0.2) is 4.89 Å². The Labute approximate surface area is 78.8 Å². The Hall–Kier alpha value is -0.600. The van der Waals surface area contributed by atoms with Crippen molar-refractivity contribution in [2.24, 2.45) is 17.3 Å². The molecular formula is C11H16O2. The summed E-state index contributed by atoms with van der Waals surface area (Å²) in [5.74, 6) is 0.998. The standard InChI is InChI=1S/C11H16O2/c1-4-11(13-12)6-5-8-7-9(11)10(8,2)3/h4-6,8-9,12H,1,7H2,2-3H3/t8-,9+,11+/m1/s1. The first kappa shape index (κ1) is 8.97. The SMILES string of the molecule is C=C[C@]1(OO)C=C[C@@H]2C[C@H]1C2(C)C. The van der Waals surface area contributed by atoms with E-state index in [1.54, 1.807) is 6.08 Å². The van der Waals surface area contributed by atoms with E-state index in [0.717, 1.165) is 6.42 Å². The van der Waals surface area contributed by atoms with Crippen LogP contribution in [0.1, 0.15) is 20.3 Å². The minimum absolute atomic E-state index is 0.228. The van der Waals surface area contributed by atoms with Gasteiger partial charge in [0.1, 0.15) is 5.60 Å². The molecule has 0 radical (unpaired) electrons. The second-order valence-corrected chi connectivity index (χ2v) is 4.72. The van der Waals surface area contributed by atoms with E-state index in [9.17, 15) is 0 Å². The summed E-state index contributed by atoms with van der Waals surface area (Å²) in [6, 6.07) is 0. The second kappa shape index (κ2) is 2.46. The molecule has 0 aromatic carbocycles. The van der Waals surface area contributed by atoms with E-state index in [1.165, 1.54) is 0 Å². The van der Waals surface area contributed by atoms with Crippen LogP contribution in [0, 0.1) is 17.3 Å². The van der Waals surface area contributed by atoms with Gasteiger partial charge < -0.3 is 0 Å². The van der Waals surface area contributed by atoms with Crippen LogP contribution in [0.25, 0.3) is 0 Å². The predicted molar refractivity (Wildman–Crippen MR) is 51.2 cm³/mol. The summed E-state index contributed by atoms with van der Waals surface area (Å²) in [4.78, 5) is 4.61. The molecule has 3 aliphatic carbocycles. The van der Waals surface area contributed by atoms with Gasteiger partial charge in [0.2, 0.25) is 0 Å². The molecule has 0 spiro atoms. The number of hydrogen-bond acceptors (Lipinski definition) is 2. The third-order valence-corrected chi connectivity index (χ3v) is 3.95. The zero-order valence-electron chi connectivity index (χ0n) is 8.16. The quantitative estimate of drug-likeness (QED) is 0.402. The maximum Gasteiger partial charge on any atom is 0.142 e. The smallest absolute Gasteiger partial charge is 0.142 e. The summed E-state index contributed by atoms with van der Waals surface area (Å²) in [7, 11) is 0. The van der Waals surface area contributed by atoms with Crippen LogP contribution in [0.5, 0.6) is 0 Å². The molecule has 0 aliphatic heterocycles. The van der Waals surface area contributed by atoms with Gasteiger partial charge in [-0.1, -0.05) is 32.6 Å². The van der Waals surface area contributed by atoms with Crippen molar-refractivity contribution >= 4 is 0 Å². The lowest BCUT2D eigenvalue weighted by molar-refractivity contribution is -0.330. The monoisotopic (exact) mass is 180 g/mol. The molecule has 0 aromatic rings. The fourth-order valence-corrected chi connectivity index (χ4v) is 2.78. The molecule has 2 nitrogen and oxygen atoms in total. The molecular weight excluding hydrogens is 164 g/mol. The third kappa shape index (κ3) is 0.903. The molecule has 1 fully saturated rings. The molecule has 1 N–H and O–H groups in total. The van der Waals surface area contributed by atoms with Crippen molar-refractivity contribution in [2.45, 2.75) is 25.9 Å². The summed E-state index contributed by atoms with van der Waals surface area (Å²) in [5.41, 5.74) is -0.413. The van der Waals surface area contributed by atoms with Crippen molar-refractivity contribution in [1.29, 1.82) is 0 Å². The first-order valence-electron chi connectivity index (χ1n) is 4.72. The van der Waals surface area contributed by atoms with Crippen LogP contribution in [-0.4, -0.2) is 10.9 Å². The lowest BCUT2D eigenvalue weighted by Gasteiger charge is -2.59. The van der Waals surface area contributed by atoms with Crippen molar-refractivity contribution in [3.05, 3.63) is 24.8 Å². The Bertz CT molecular complexity index is 267. The minimum Gasteiger partial charge on any atom is -0.251 e. The van der Waals surface area contributed by atoms with Gasteiger partial charge in [0.15, 0.2) is 0 Å². The molecule has 0 saturated heterocycles. The molecule has 2 heteroatoms. The molecule has 13 heavy (non-hydrogen) atoms. The van der Waals surface area contributed by atoms with Crippen LogP contribution in [-0.2, 0) is 4.89 Å². The molecule has 3 rings (SSSR count). The minimum atomic E-state index is -0.641. The largest absolute Gasteiger partial charge is 0.251 e. The Morgan fingerprint density at radius 2 is 2.31 bits per heavy atom. The topological polar surface area (TPSA) is 29.5 Å². The van der Waals surface area contributed by atoms with E-state index >= 15 is 0 Å². The first-order chi connectivity index (χ1) is 6.07. The van der Waals surface area contributed by atoms with Gasteiger partial charge in [-0.3, -0.25) is 5.26 Å². The van der Waals surface area contributed by atoms with Gasteiger partial charge in [0, 0.05) is 5.92 Å². The van der Waals surface area contributed by atoms with Crippen LogP contribution in [0.15, 0.2) is 24.8 Å². The summed E-state index contributed by atoms with van der Waals surface area (Å²) in [5, 5.41) is 8.95. The molecule has 0 unspecified atom stereocenters. The lowest BCUT2D eigenvalue weighted by atomic mass is 9.47. The maximum atomic E-state index is 8.95. The molecule has 1 saturated carbocycles. The molecule has 3 aliphatic rings. The Kier molecular flexibility index (Phi) is 1.70. The summed E-state index contributed by atoms with van der Waals surface area (Å²) in [6.45, 7) is 8.16. The maximum absolute atomic E-state index is 8.95. The summed E-state index contributed by atoms with van der Waals surface area (Å²) in [6.07, 6.45) is 6.86. The Morgan fingerprint density at radius 3 is 2.62 bits per heavy atom. The molecule has 0 amide bonds. The summed E-state index contributed by atoms with van der Waals surface area (Å²) < 4.78 is 0. The van der Waals surface area contributed by atoms with Gasteiger partial charge in [-0.15, -0.1) is 0 Å². The molecule has 72 valence electrons. The highest BCUT2D eigenvalue weighted by atomic mass is 17.1. The van der Waals surface area contributed by atoms with Crippen LogP contribution >= 0.6 is 0 Å². The predicted octanol–water partition coefficient (Wildman–Crippen LogP) is 2.63. The van der Waals surface area contributed by atoms with E-state index in [2.05, 4.69) is 31.4 Å². The molecule has 0 aromatic heterocycles. The van der Waals surface area contributed by atoms with Crippen molar-refractivity contribution < 1.29 is 10.1 Å². The average Bonchev–Trinajstić information content (AvgIpc) is 2.17. The zero-order chi connectivity index (χ0) is 9.69. The van der Waals surface area contributed by atoms with Gasteiger partial charge in [-0.05, 0) is 23.8 Å². The van der Waals surface area contributed by atoms with Crippen molar-refractivity contribution in [3.8, 4) is 0 Å². The summed E-state index contributed by atoms with van der Waals surface area (Å²) >= 11 is 0. The highest BCUT2D eigenvalue weighted by Gasteiger charge is 2.58. The third-order valence-electron chi connectivity index (χ3n) is 3.95. The van der Waals surface area contributed by atoms with Crippen molar-refractivity contribution in [3.63, 3.8) is 0 Å². The van der Waals surface area contributed by atoms with E-state index < -0.39 is 5.60 Å². The fraction of sp³-hybridized carbons (Fsp3) is 0.636. The van der Waals surface area contributed by atoms with E-state index in [1.807, 2.05) is 6.08 Å². The number of fused-ring (bicyclic) bond motifs is 1. The highest BCUT2D eigenvalue weighted by molar-refractivity contribution is 5.29. The van der Waals surface area contributed by atoms with E-state index in [0.29, 0.717) is 11.8 Å². The Balaban J connectivity index is 2.38. The fourth-order valence-electron chi connectivity index (χ4n) is 2.78. The second-order valence-electron chi connectivity index (χ2n) is 4.72. The van der Waals surface area contributed by atoms with Gasteiger partial charge in [-0.2, -0.15) is 0 Å². The van der Waals surface area contributed by atoms with Crippen LogP contribution in [0.4, 0.5) is 0 Å². The average molecular weight is 180 g/mol. The number of rotatable bonds is 2. The zero-order valence-corrected chi connectivity index (χ0v) is 8.16. The van der Waals surface area contributed by atoms with Crippen LogP contribution in [0.3, 0.4) is 0 Å². The van der Waals surface area contributed by atoms with Crippen LogP contribution < -0.4 is 0 Å². The Morgan fingerprint density at radius 1 is 1.62 bits per heavy atom. The van der Waals surface area contributed by atoms with E-state index in [4.69, 9.17) is 5.26 Å². The highest BCUT2D eigenvalue weighted by Crippen LogP contribution is 2.60. The van der Waals surface area contributed by atoms with Gasteiger partial charge in [0.25, 0.3) is 0 Å². The normalized spacial score (nSPS) is 45.5. The van der Waals surface area contributed by atoms with Crippen molar-refractivity contribution in [2.75, 3.05) is 0 Å². The van der Waals surface area contributed by atoms with Gasteiger partial charge >= 0.3 is 0 Å². The molecule has 2 bridgehead atoms. The van der Waals surface area contributed by atoms with Gasteiger partial charge in [0.05, 0.1) is 0 Å². The molecule has 3 atom stereocenters. The van der Waals surface area contributed by atoms with Crippen molar-refractivity contribution in [1.82, 2.24) is 0 Å².